The Kier molecular flexibility index (Phi) is 5.16. The van der Waals surface area contributed by atoms with E-state index >= 15 is 0 Å². The third kappa shape index (κ3) is 4.77. The molecule has 1 heterocycles. The van der Waals surface area contributed by atoms with E-state index < -0.39 is 28.5 Å². The van der Waals surface area contributed by atoms with Gasteiger partial charge < -0.3 is 9.84 Å². The van der Waals surface area contributed by atoms with E-state index in [-0.39, 0.29) is 0 Å². The molecule has 0 spiro atoms. The zero-order valence-corrected chi connectivity index (χ0v) is 11.1. The van der Waals surface area contributed by atoms with Crippen LogP contribution in [0.3, 0.4) is 0 Å². The molecule has 0 radical (unpaired) electrons. The number of nitrogens with zero attached hydrogens (tertiary/aromatic N) is 1. The van der Waals surface area contributed by atoms with Gasteiger partial charge >= 0.3 is 12.1 Å². The van der Waals surface area contributed by atoms with Crippen molar-refractivity contribution in [3.05, 3.63) is 0 Å². The summed E-state index contributed by atoms with van der Waals surface area (Å²) in [4.78, 5) is 23.7. The molecule has 0 bridgehead atoms. The molecule has 1 N–H and O–H groups in total. The number of alkyl halides is 3. The summed E-state index contributed by atoms with van der Waals surface area (Å²) in [6.45, 7) is -0.0605. The molecular formula is C9H12Cl3NO4. The van der Waals surface area contributed by atoms with Crippen molar-refractivity contribution in [2.75, 3.05) is 13.2 Å². The van der Waals surface area contributed by atoms with Crippen LogP contribution in [0.25, 0.3) is 0 Å². The number of rotatable bonds is 2. The number of piperidine rings is 1. The molecule has 1 fully saturated rings. The zero-order valence-electron chi connectivity index (χ0n) is 8.87. The molecule has 0 aliphatic carbocycles. The highest BCUT2D eigenvalue weighted by Gasteiger charge is 2.34. The highest BCUT2D eigenvalue weighted by Crippen LogP contribution is 2.27. The van der Waals surface area contributed by atoms with Gasteiger partial charge in [0.1, 0.15) is 12.6 Å². The molecule has 5 nitrogen and oxygen atoms in total. The molecule has 1 rings (SSSR count). The van der Waals surface area contributed by atoms with E-state index in [0.29, 0.717) is 13.0 Å². The van der Waals surface area contributed by atoms with Crippen molar-refractivity contribution < 1.29 is 19.4 Å². The molecule has 1 atom stereocenters. The molecule has 0 aromatic heterocycles. The lowest BCUT2D eigenvalue weighted by Crippen LogP contribution is -2.48. The predicted molar refractivity (Wildman–Crippen MR) is 63.6 cm³/mol. The first-order valence-corrected chi connectivity index (χ1v) is 6.17. The van der Waals surface area contributed by atoms with Crippen molar-refractivity contribution in [3.63, 3.8) is 0 Å². The number of aliphatic carboxylic acids is 1. The predicted octanol–water partition coefficient (Wildman–Crippen LogP) is 2.43. The largest absolute Gasteiger partial charge is 0.480 e. The minimum Gasteiger partial charge on any atom is -0.480 e. The van der Waals surface area contributed by atoms with Crippen LogP contribution in [0.2, 0.25) is 0 Å². The summed E-state index contributed by atoms with van der Waals surface area (Å²) in [6.07, 6.45) is 1.17. The van der Waals surface area contributed by atoms with Gasteiger partial charge in [0.25, 0.3) is 0 Å². The van der Waals surface area contributed by atoms with Crippen molar-refractivity contribution in [3.8, 4) is 0 Å². The fraction of sp³-hybridized carbons (Fsp3) is 0.778. The molecule has 8 heteroatoms. The average molecular weight is 305 g/mol. The number of carboxylic acids is 1. The molecule has 17 heavy (non-hydrogen) atoms. The van der Waals surface area contributed by atoms with Crippen LogP contribution in [-0.4, -0.2) is 45.1 Å². The summed E-state index contributed by atoms with van der Waals surface area (Å²) >= 11 is 16.3. The quantitative estimate of drug-likeness (QED) is 0.796. The number of hydrogen-bond donors (Lipinski definition) is 1. The Morgan fingerprint density at radius 3 is 2.53 bits per heavy atom. The van der Waals surface area contributed by atoms with Gasteiger partial charge in [-0.1, -0.05) is 34.8 Å². The fourth-order valence-corrected chi connectivity index (χ4v) is 1.80. The maximum Gasteiger partial charge on any atom is 0.410 e. The highest BCUT2D eigenvalue weighted by atomic mass is 35.6. The van der Waals surface area contributed by atoms with Crippen LogP contribution < -0.4 is 0 Å². The van der Waals surface area contributed by atoms with Gasteiger partial charge in [-0.15, -0.1) is 0 Å². The number of halogens is 3. The van der Waals surface area contributed by atoms with E-state index in [0.717, 1.165) is 17.7 Å². The van der Waals surface area contributed by atoms with Gasteiger partial charge in [-0.3, -0.25) is 4.90 Å². The number of hydrogen-bond acceptors (Lipinski definition) is 3. The van der Waals surface area contributed by atoms with Crippen LogP contribution in [-0.2, 0) is 9.53 Å². The van der Waals surface area contributed by atoms with Crippen molar-refractivity contribution in [2.24, 2.45) is 0 Å². The number of amides is 1. The van der Waals surface area contributed by atoms with Crippen LogP contribution >= 0.6 is 34.8 Å². The van der Waals surface area contributed by atoms with E-state index in [4.69, 9.17) is 44.6 Å². The van der Waals surface area contributed by atoms with Gasteiger partial charge in [0.2, 0.25) is 3.79 Å². The Hall–Kier alpha value is -0.390. The van der Waals surface area contributed by atoms with E-state index in [1.165, 1.54) is 0 Å². The maximum atomic E-state index is 11.6. The minimum atomic E-state index is -1.69. The number of likely N-dealkylation sites (tertiary alicyclic amines) is 1. The van der Waals surface area contributed by atoms with Crippen LogP contribution in [0.15, 0.2) is 0 Å². The number of carbonyl (C=O) groups is 2. The Balaban J connectivity index is 2.56. The van der Waals surface area contributed by atoms with Crippen LogP contribution in [0.5, 0.6) is 0 Å². The van der Waals surface area contributed by atoms with E-state index in [1.54, 1.807) is 0 Å². The SMILES string of the molecule is O=C(O)[C@@H]1CCCCN1C(=O)OCC(Cl)(Cl)Cl. The van der Waals surface area contributed by atoms with Crippen molar-refractivity contribution in [1.29, 1.82) is 0 Å². The summed E-state index contributed by atoms with van der Waals surface area (Å²) in [6, 6.07) is -0.855. The van der Waals surface area contributed by atoms with Crippen molar-refractivity contribution in [1.82, 2.24) is 4.90 Å². The number of ether oxygens (including phenoxy) is 1. The van der Waals surface area contributed by atoms with Gasteiger partial charge in [-0.05, 0) is 19.3 Å². The van der Waals surface area contributed by atoms with Gasteiger partial charge in [0, 0.05) is 6.54 Å². The van der Waals surface area contributed by atoms with Crippen molar-refractivity contribution in [2.45, 2.75) is 29.1 Å². The lowest BCUT2D eigenvalue weighted by atomic mass is 10.0. The smallest absolute Gasteiger partial charge is 0.410 e. The number of carboxylic acid groups (broad SMARTS) is 1. The Labute approximate surface area is 114 Å². The van der Waals surface area contributed by atoms with Gasteiger partial charge in [0.15, 0.2) is 0 Å². The fourth-order valence-electron chi connectivity index (χ4n) is 1.63. The summed E-state index contributed by atoms with van der Waals surface area (Å²) in [7, 11) is 0. The van der Waals surface area contributed by atoms with Crippen LogP contribution in [0.4, 0.5) is 4.79 Å². The van der Waals surface area contributed by atoms with Crippen LogP contribution in [0.1, 0.15) is 19.3 Å². The standard InChI is InChI=1S/C9H12Cl3NO4/c10-9(11,12)5-17-8(16)13-4-2-1-3-6(13)7(14)15/h6H,1-5H2,(H,14,15)/t6-/m0/s1. The molecule has 1 aliphatic heterocycles. The monoisotopic (exact) mass is 303 g/mol. The topological polar surface area (TPSA) is 66.8 Å². The lowest BCUT2D eigenvalue weighted by molar-refractivity contribution is -0.143. The molecule has 0 aromatic carbocycles. The molecule has 0 saturated carbocycles. The third-order valence-electron chi connectivity index (χ3n) is 2.38. The van der Waals surface area contributed by atoms with E-state index in [9.17, 15) is 9.59 Å². The van der Waals surface area contributed by atoms with Gasteiger partial charge in [-0.25, -0.2) is 9.59 Å². The molecule has 1 saturated heterocycles. The van der Waals surface area contributed by atoms with E-state index in [2.05, 4.69) is 0 Å². The Morgan fingerprint density at radius 1 is 1.35 bits per heavy atom. The Bertz CT molecular complexity index is 305. The normalized spacial score (nSPS) is 21.1. The summed E-state index contributed by atoms with van der Waals surface area (Å²) < 4.78 is 3.06. The molecule has 1 aliphatic rings. The first-order chi connectivity index (χ1) is 7.81. The average Bonchev–Trinajstić information content (AvgIpc) is 2.25. The molecule has 98 valence electrons. The second-order valence-electron chi connectivity index (χ2n) is 3.71. The second kappa shape index (κ2) is 5.98. The van der Waals surface area contributed by atoms with Gasteiger partial charge in [-0.2, -0.15) is 0 Å². The summed E-state index contributed by atoms with van der Waals surface area (Å²) in [5, 5.41) is 8.96. The minimum absolute atomic E-state index is 0.343. The van der Waals surface area contributed by atoms with Crippen LogP contribution in [0, 0.1) is 0 Å². The second-order valence-corrected chi connectivity index (χ2v) is 6.23. The first-order valence-electron chi connectivity index (χ1n) is 5.04. The highest BCUT2D eigenvalue weighted by molar-refractivity contribution is 6.67. The summed E-state index contributed by atoms with van der Waals surface area (Å²) in [5.41, 5.74) is 0. The molecule has 0 unspecified atom stereocenters. The first kappa shape index (κ1) is 14.7. The summed E-state index contributed by atoms with van der Waals surface area (Å²) in [5.74, 6) is -1.05. The van der Waals surface area contributed by atoms with Crippen molar-refractivity contribution >= 4 is 46.9 Å². The molecule has 1 amide bonds. The third-order valence-corrected chi connectivity index (χ3v) is 2.71. The molecule has 0 aromatic rings. The number of carbonyl (C=O) groups excluding carboxylic acids is 1. The molecular weight excluding hydrogens is 292 g/mol. The Morgan fingerprint density at radius 2 is 2.00 bits per heavy atom. The lowest BCUT2D eigenvalue weighted by Gasteiger charge is -2.32. The maximum absolute atomic E-state index is 11.6. The van der Waals surface area contributed by atoms with E-state index in [1.807, 2.05) is 0 Å². The zero-order chi connectivity index (χ0) is 13.1. The van der Waals surface area contributed by atoms with Gasteiger partial charge in [0.05, 0.1) is 0 Å².